The molecule has 0 radical (unpaired) electrons. The highest BCUT2D eigenvalue weighted by molar-refractivity contribution is 8.00. The van der Waals surface area contributed by atoms with Gasteiger partial charge in [-0.2, -0.15) is 0 Å². The molecule has 1 aromatic heterocycles. The molecule has 0 saturated carbocycles. The van der Waals surface area contributed by atoms with Gasteiger partial charge in [-0.25, -0.2) is 14.6 Å². The number of aliphatic carboxylic acids is 2. The van der Waals surface area contributed by atoms with Crippen molar-refractivity contribution in [1.82, 2.24) is 15.2 Å². The molecule has 2 amide bonds. The fraction of sp³-hybridized carbons (Fsp3) is 0.433. The van der Waals surface area contributed by atoms with E-state index < -0.39 is 58.4 Å². The molecular weight excluding hydrogens is 704 g/mol. The molecule has 16 nitrogen and oxygen atoms in total. The number of aromatic nitrogens is 1. The van der Waals surface area contributed by atoms with Crippen LogP contribution < -0.4 is 11.1 Å². The van der Waals surface area contributed by atoms with E-state index in [1.807, 2.05) is 0 Å². The van der Waals surface area contributed by atoms with Gasteiger partial charge in [0.1, 0.15) is 17.9 Å². The van der Waals surface area contributed by atoms with Crippen molar-refractivity contribution >= 4 is 75.1 Å². The number of carboxylic acid groups (broad SMARTS) is 2. The fourth-order valence-electron chi connectivity index (χ4n) is 6.15. The number of quaternary nitrogens is 1. The van der Waals surface area contributed by atoms with Crippen molar-refractivity contribution in [1.29, 1.82) is 0 Å². The number of nitrogens with zero attached hydrogens (tertiary/aromatic N) is 4. The molecule has 3 aliphatic heterocycles. The van der Waals surface area contributed by atoms with E-state index in [0.717, 1.165) is 43.3 Å². The summed E-state index contributed by atoms with van der Waals surface area (Å²) in [6, 6.07) is 2.46. The minimum absolute atomic E-state index is 0.00341. The second-order valence-corrected chi connectivity index (χ2v) is 14.3. The molecule has 0 aliphatic carbocycles. The number of Topliss-reactive ketones (excluding diaryl/α,β-unsaturated/α-hetero) is 1. The molecule has 49 heavy (non-hydrogen) atoms. The Morgan fingerprint density at radius 3 is 2.57 bits per heavy atom. The average molecular weight is 738 g/mol. The maximum Gasteiger partial charge on any atom is 0.352 e. The monoisotopic (exact) mass is 737 g/mol. The lowest BCUT2D eigenvalue weighted by Crippen LogP contribution is -2.63. The number of phenolic OH excluding ortho intramolecular Hbond substituents is 2. The first-order chi connectivity index (χ1) is 23.2. The zero-order chi connectivity index (χ0) is 35.6. The Labute approximate surface area is 292 Å². The van der Waals surface area contributed by atoms with E-state index in [4.69, 9.17) is 27.3 Å². The molecule has 3 atom stereocenters. The third-order valence-electron chi connectivity index (χ3n) is 8.70. The summed E-state index contributed by atoms with van der Waals surface area (Å²) in [5, 5.41) is 46.1. The highest BCUT2D eigenvalue weighted by Gasteiger charge is 2.55. The Kier molecular flexibility index (Phi) is 10.7. The number of hydrogen-bond acceptors (Lipinski definition) is 13. The van der Waals surface area contributed by atoms with Gasteiger partial charge >= 0.3 is 11.9 Å². The minimum Gasteiger partial charge on any atom is -0.504 e. The van der Waals surface area contributed by atoms with Crippen LogP contribution in [0.5, 0.6) is 11.5 Å². The number of thioether (sulfide) groups is 1. The lowest BCUT2D eigenvalue weighted by Gasteiger charge is -2.50. The first-order valence-corrected chi connectivity index (χ1v) is 17.5. The Morgan fingerprint density at radius 2 is 1.94 bits per heavy atom. The number of ketones is 1. The Morgan fingerprint density at radius 1 is 1.22 bits per heavy atom. The van der Waals surface area contributed by atoms with Crippen molar-refractivity contribution in [2.45, 2.75) is 37.7 Å². The molecule has 2 fully saturated rings. The number of thiazole rings is 1. The van der Waals surface area contributed by atoms with Crippen LogP contribution in [-0.2, 0) is 24.0 Å². The number of anilines is 1. The Bertz CT molecular complexity index is 1760. The van der Waals surface area contributed by atoms with Gasteiger partial charge in [0.25, 0.3) is 5.91 Å². The minimum atomic E-state index is -1.36. The largest absolute Gasteiger partial charge is 0.504 e. The number of fused-ring (bicyclic) bond motifs is 1. The summed E-state index contributed by atoms with van der Waals surface area (Å²) in [5.74, 6) is -5.88. The van der Waals surface area contributed by atoms with Crippen molar-refractivity contribution in [2.75, 3.05) is 44.2 Å². The number of phenols is 2. The molecule has 0 unspecified atom stereocenters. The van der Waals surface area contributed by atoms with Gasteiger partial charge in [-0.15, -0.1) is 23.1 Å². The predicted octanol–water partition coefficient (Wildman–Crippen LogP) is 1.85. The van der Waals surface area contributed by atoms with Gasteiger partial charge < -0.3 is 40.8 Å². The number of amides is 2. The second-order valence-electron chi connectivity index (χ2n) is 11.9. The summed E-state index contributed by atoms with van der Waals surface area (Å²) >= 11 is 8.42. The van der Waals surface area contributed by atoms with Gasteiger partial charge in [-0.3, -0.25) is 19.3 Å². The number of rotatable bonds is 14. The van der Waals surface area contributed by atoms with Crippen LogP contribution in [0.2, 0.25) is 5.02 Å². The molecule has 19 heteroatoms. The van der Waals surface area contributed by atoms with E-state index >= 15 is 0 Å². The zero-order valence-electron chi connectivity index (χ0n) is 26.1. The highest BCUT2D eigenvalue weighted by Crippen LogP contribution is 2.46. The van der Waals surface area contributed by atoms with E-state index in [9.17, 15) is 39.3 Å². The number of nitrogens with one attached hydrogen (secondary N) is 1. The van der Waals surface area contributed by atoms with Crippen LogP contribution in [0.1, 0.15) is 42.2 Å². The number of likely N-dealkylation sites (tertiary alicyclic amines) is 1. The van der Waals surface area contributed by atoms with Crippen molar-refractivity contribution in [2.24, 2.45) is 11.1 Å². The molecule has 5 rings (SSSR count). The molecule has 1 aromatic carbocycles. The predicted molar refractivity (Wildman–Crippen MR) is 178 cm³/mol. The number of benzene rings is 1. The van der Waals surface area contributed by atoms with Gasteiger partial charge in [0.15, 0.2) is 28.1 Å². The number of halogens is 1. The molecule has 0 bridgehead atoms. The van der Waals surface area contributed by atoms with E-state index in [1.165, 1.54) is 35.0 Å². The molecule has 0 spiro atoms. The lowest BCUT2D eigenvalue weighted by molar-refractivity contribution is -0.911. The van der Waals surface area contributed by atoms with Gasteiger partial charge in [0.05, 0.1) is 48.1 Å². The number of carbonyl (C=O) groups is 5. The smallest absolute Gasteiger partial charge is 0.352 e. The van der Waals surface area contributed by atoms with Crippen molar-refractivity contribution < 1.29 is 53.7 Å². The van der Waals surface area contributed by atoms with Crippen LogP contribution in [0.25, 0.3) is 0 Å². The first kappa shape index (κ1) is 35.9. The highest BCUT2D eigenvalue weighted by atomic mass is 35.5. The van der Waals surface area contributed by atoms with Gasteiger partial charge in [0, 0.05) is 36.0 Å². The summed E-state index contributed by atoms with van der Waals surface area (Å²) in [4.78, 5) is 73.7. The maximum atomic E-state index is 13.5. The number of carbonyl (C=O) groups excluding carboxylic acids is 3. The molecule has 2 aromatic rings. The topological polar surface area (TPSA) is 242 Å². The molecule has 262 valence electrons. The number of carboxylic acids is 2. The summed E-state index contributed by atoms with van der Waals surface area (Å²) < 4.78 is 0.488. The van der Waals surface area contributed by atoms with Crippen LogP contribution in [0.15, 0.2) is 33.9 Å². The summed E-state index contributed by atoms with van der Waals surface area (Å²) in [6.45, 7) is 3.73. The third kappa shape index (κ3) is 7.46. The maximum absolute atomic E-state index is 13.5. The SMILES string of the molecule is C[C@H](O/N=C(\C(=O)C[C@@H]1C(=O)N2C(C(=O)O)=C(C[N+]3(CCNC(=O)c4ccc(O)c(O)c4Cl)CCCC3)CS[C@H]12)c1csc(N)n1)C(=O)O. The second kappa shape index (κ2) is 14.6. The molecule has 7 N–H and O–H groups in total. The molecule has 3 aliphatic rings. The zero-order valence-corrected chi connectivity index (χ0v) is 28.5. The number of β-lactam (4-membered cyclic amide) rings is 1. The van der Waals surface area contributed by atoms with Crippen LogP contribution >= 0.6 is 34.7 Å². The quantitative estimate of drug-likeness (QED) is 0.0534. The summed E-state index contributed by atoms with van der Waals surface area (Å²) in [6.07, 6.45) is 0.0970. The van der Waals surface area contributed by atoms with Crippen LogP contribution in [0, 0.1) is 5.92 Å². The van der Waals surface area contributed by atoms with Gasteiger partial charge in [-0.1, -0.05) is 16.8 Å². The van der Waals surface area contributed by atoms with Gasteiger partial charge in [0.2, 0.25) is 12.0 Å². The molecule has 4 heterocycles. The number of aromatic hydroxyl groups is 2. The number of hydrogen-bond donors (Lipinski definition) is 6. The lowest BCUT2D eigenvalue weighted by atomic mass is 9.89. The summed E-state index contributed by atoms with van der Waals surface area (Å²) in [5.41, 5.74) is 5.94. The number of nitrogens with two attached hydrogens (primary N) is 1. The van der Waals surface area contributed by atoms with Crippen molar-refractivity contribution in [3.63, 3.8) is 0 Å². The standard InChI is InChI=1S/C30H33ClN6O10S2/c1-14(28(43)44)47-35-22(18-13-49-30(32)34-18)20(39)10-17-26(42)36-23(29(45)46)15(12-48-27(17)36)11-37(7-2-3-8-37)9-6-33-25(41)16-4-5-19(38)24(40)21(16)31/h4-5,13-14,17,27H,2-3,6-12H2,1H3,(H6-,32,33,34,35,38,39,40,41,43,44,45,46)/p+1/t14-,17+,27+/m0/s1. The summed E-state index contributed by atoms with van der Waals surface area (Å²) in [7, 11) is 0. The van der Waals surface area contributed by atoms with Crippen LogP contribution in [0.4, 0.5) is 5.13 Å². The van der Waals surface area contributed by atoms with Gasteiger partial charge in [-0.05, 0) is 19.1 Å². The molecular formula is C30H34ClN6O10S2+. The third-order valence-corrected chi connectivity index (χ3v) is 11.1. The van der Waals surface area contributed by atoms with Crippen LogP contribution in [0.3, 0.4) is 0 Å². The number of oxime groups is 1. The van der Waals surface area contributed by atoms with E-state index in [-0.39, 0.29) is 45.8 Å². The van der Waals surface area contributed by atoms with Crippen molar-refractivity contribution in [3.8, 4) is 11.5 Å². The average Bonchev–Trinajstić information content (AvgIpc) is 3.71. The Hall–Kier alpha value is -4.39. The van der Waals surface area contributed by atoms with Crippen LogP contribution in [-0.4, -0.2) is 120 Å². The van der Waals surface area contributed by atoms with E-state index in [1.54, 1.807) is 0 Å². The first-order valence-electron chi connectivity index (χ1n) is 15.2. The number of nitrogen functional groups attached to an aromatic ring is 1. The normalized spacial score (nSPS) is 20.7. The van der Waals surface area contributed by atoms with E-state index in [2.05, 4.69) is 15.5 Å². The molecule has 2 saturated heterocycles. The Balaban J connectivity index is 1.29. The van der Waals surface area contributed by atoms with E-state index in [0.29, 0.717) is 28.9 Å². The van der Waals surface area contributed by atoms with Crippen molar-refractivity contribution in [3.05, 3.63) is 45.1 Å². The fourth-order valence-corrected chi connectivity index (χ4v) is 8.35.